The highest BCUT2D eigenvalue weighted by atomic mass is 32.2. The van der Waals surface area contributed by atoms with Gasteiger partial charge < -0.3 is 10.0 Å². The monoisotopic (exact) mass is 273 g/mol. The molecule has 0 atom stereocenters. The fourth-order valence-electron chi connectivity index (χ4n) is 1.34. The summed E-state index contributed by atoms with van der Waals surface area (Å²) in [5.74, 6) is 0.337. The predicted molar refractivity (Wildman–Crippen MR) is 68.8 cm³/mol. The Kier molecular flexibility index (Phi) is 4.50. The van der Waals surface area contributed by atoms with Gasteiger partial charge in [0.2, 0.25) is 10.0 Å². The number of anilines is 1. The van der Waals surface area contributed by atoms with Crippen molar-refractivity contribution in [2.24, 2.45) is 0 Å². The van der Waals surface area contributed by atoms with Crippen LogP contribution in [0.2, 0.25) is 0 Å². The molecule has 5 nitrogen and oxygen atoms in total. The molecule has 0 bridgehead atoms. The molecule has 0 fully saturated rings. The lowest BCUT2D eigenvalue weighted by Crippen LogP contribution is -2.11. The molecule has 1 aromatic carbocycles. The average molecular weight is 273 g/mol. The maximum atomic E-state index is 13.6. The van der Waals surface area contributed by atoms with Crippen molar-refractivity contribution in [3.05, 3.63) is 35.1 Å². The number of hydrogen-bond donors (Lipinski definition) is 3. The van der Waals surface area contributed by atoms with Gasteiger partial charge in [-0.25, -0.2) is 12.8 Å². The molecule has 8 heteroatoms. The third-order valence-corrected chi connectivity index (χ3v) is 2.69. The first-order valence-corrected chi connectivity index (χ1v) is 6.90. The summed E-state index contributed by atoms with van der Waals surface area (Å²) in [5, 5.41) is 17.3. The molecule has 18 heavy (non-hydrogen) atoms. The maximum absolute atomic E-state index is 13.6. The fourth-order valence-corrected chi connectivity index (χ4v) is 1.90. The Bertz CT molecular complexity index is 571. The molecule has 0 heterocycles. The number of benzene rings is 1. The van der Waals surface area contributed by atoms with Gasteiger partial charge in [0, 0.05) is 0 Å². The van der Waals surface area contributed by atoms with E-state index in [4.69, 9.17) is 10.0 Å². The molecule has 0 aromatic heterocycles. The van der Waals surface area contributed by atoms with E-state index in [9.17, 15) is 12.8 Å². The first-order chi connectivity index (χ1) is 8.19. The summed E-state index contributed by atoms with van der Waals surface area (Å²) in [6, 6.07) is 2.45. The van der Waals surface area contributed by atoms with Crippen molar-refractivity contribution in [3.8, 4) is 0 Å². The van der Waals surface area contributed by atoms with Crippen molar-refractivity contribution in [2.45, 2.75) is 6.92 Å². The summed E-state index contributed by atoms with van der Waals surface area (Å²) in [5.41, 5.74) is 0.885. The van der Waals surface area contributed by atoms with Crippen molar-refractivity contribution in [1.82, 2.24) is 0 Å². The predicted octanol–water partition coefficient (Wildman–Crippen LogP) is 0.531. The number of rotatable bonds is 4. The van der Waals surface area contributed by atoms with Crippen LogP contribution in [-0.2, 0) is 10.0 Å². The molecule has 0 amide bonds. The standard InChI is InChI=1S/C10H13BFNO4S/c1-7-5-10(13-18(2,16)17)9(12)6-8(7)3-4-11(14)15/h3-6,13-15H,1-2H3. The van der Waals surface area contributed by atoms with Crippen LogP contribution in [0.3, 0.4) is 0 Å². The summed E-state index contributed by atoms with van der Waals surface area (Å²) in [7, 11) is -5.17. The van der Waals surface area contributed by atoms with Crippen LogP contribution in [0.5, 0.6) is 0 Å². The Morgan fingerprint density at radius 1 is 1.39 bits per heavy atom. The minimum absolute atomic E-state index is 0.142. The van der Waals surface area contributed by atoms with Gasteiger partial charge in [-0.3, -0.25) is 4.72 Å². The number of aryl methyl sites for hydroxylation is 1. The number of hydrogen-bond acceptors (Lipinski definition) is 4. The van der Waals surface area contributed by atoms with E-state index in [1.54, 1.807) is 6.92 Å². The highest BCUT2D eigenvalue weighted by molar-refractivity contribution is 7.92. The lowest BCUT2D eigenvalue weighted by Gasteiger charge is -2.08. The molecule has 0 aliphatic heterocycles. The number of halogens is 1. The molecule has 98 valence electrons. The summed E-state index contributed by atoms with van der Waals surface area (Å²) in [6.45, 7) is 1.65. The summed E-state index contributed by atoms with van der Waals surface area (Å²) < 4.78 is 37.7. The molecule has 0 aliphatic carbocycles. The van der Waals surface area contributed by atoms with Gasteiger partial charge in [0.1, 0.15) is 5.82 Å². The van der Waals surface area contributed by atoms with Crippen molar-refractivity contribution in [1.29, 1.82) is 0 Å². The summed E-state index contributed by atoms with van der Waals surface area (Å²) in [4.78, 5) is 0. The van der Waals surface area contributed by atoms with Crippen LogP contribution in [0.15, 0.2) is 18.1 Å². The lowest BCUT2D eigenvalue weighted by atomic mass is 9.90. The zero-order valence-electron chi connectivity index (χ0n) is 9.88. The van der Waals surface area contributed by atoms with Crippen molar-refractivity contribution in [3.63, 3.8) is 0 Å². The zero-order valence-corrected chi connectivity index (χ0v) is 10.7. The Morgan fingerprint density at radius 3 is 2.50 bits per heavy atom. The second-order valence-electron chi connectivity index (χ2n) is 3.84. The Morgan fingerprint density at radius 2 is 2.00 bits per heavy atom. The molecular weight excluding hydrogens is 260 g/mol. The molecule has 1 aromatic rings. The van der Waals surface area contributed by atoms with Gasteiger partial charge in [0.15, 0.2) is 0 Å². The Labute approximate surface area is 105 Å². The third-order valence-electron chi connectivity index (χ3n) is 2.10. The van der Waals surface area contributed by atoms with Crippen molar-refractivity contribution >= 4 is 28.9 Å². The van der Waals surface area contributed by atoms with Crippen LogP contribution < -0.4 is 4.72 Å². The highest BCUT2D eigenvalue weighted by Crippen LogP contribution is 2.21. The van der Waals surface area contributed by atoms with E-state index < -0.39 is 23.0 Å². The minimum atomic E-state index is -3.54. The maximum Gasteiger partial charge on any atom is 0.480 e. The lowest BCUT2D eigenvalue weighted by molar-refractivity contribution is 0.424. The molecule has 3 N–H and O–H groups in total. The summed E-state index contributed by atoms with van der Waals surface area (Å²) >= 11 is 0. The van der Waals surface area contributed by atoms with Gasteiger partial charge in [-0.1, -0.05) is 12.1 Å². The molecule has 0 spiro atoms. The van der Waals surface area contributed by atoms with Crippen LogP contribution >= 0.6 is 0 Å². The first kappa shape index (κ1) is 14.7. The van der Waals surface area contributed by atoms with E-state index >= 15 is 0 Å². The van der Waals surface area contributed by atoms with Crippen molar-refractivity contribution < 1.29 is 22.9 Å². The largest absolute Gasteiger partial charge is 0.480 e. The summed E-state index contributed by atoms with van der Waals surface area (Å²) in [6.07, 6.45) is 2.27. The van der Waals surface area contributed by atoms with E-state index in [1.807, 2.05) is 0 Å². The zero-order chi connectivity index (χ0) is 13.9. The van der Waals surface area contributed by atoms with E-state index in [1.165, 1.54) is 12.1 Å². The average Bonchev–Trinajstić information content (AvgIpc) is 2.18. The second-order valence-corrected chi connectivity index (χ2v) is 5.58. The third kappa shape index (κ3) is 4.48. The molecule has 0 unspecified atom stereocenters. The van der Waals surface area contributed by atoms with Gasteiger partial charge in [0.25, 0.3) is 0 Å². The number of nitrogens with one attached hydrogen (secondary N) is 1. The van der Waals surface area contributed by atoms with E-state index in [-0.39, 0.29) is 5.69 Å². The van der Waals surface area contributed by atoms with Gasteiger partial charge in [-0.15, -0.1) is 0 Å². The van der Waals surface area contributed by atoms with Crippen LogP contribution in [0, 0.1) is 12.7 Å². The van der Waals surface area contributed by atoms with Crippen molar-refractivity contribution in [2.75, 3.05) is 11.0 Å². The molecule has 0 radical (unpaired) electrons. The molecule has 1 rings (SSSR count). The topological polar surface area (TPSA) is 86.6 Å². The van der Waals surface area contributed by atoms with Crippen LogP contribution in [0.4, 0.5) is 10.1 Å². The molecule has 0 saturated carbocycles. The van der Waals surface area contributed by atoms with Gasteiger partial charge in [-0.05, 0) is 30.2 Å². The smallest absolute Gasteiger partial charge is 0.424 e. The Hall–Kier alpha value is -1.38. The van der Waals surface area contributed by atoms with E-state index in [0.717, 1.165) is 18.3 Å². The molecule has 0 aliphatic rings. The van der Waals surface area contributed by atoms with Crippen LogP contribution in [-0.4, -0.2) is 31.8 Å². The Balaban J connectivity index is 3.12. The quantitative estimate of drug-likeness (QED) is 0.698. The second kappa shape index (κ2) is 5.51. The highest BCUT2D eigenvalue weighted by Gasteiger charge is 2.10. The fraction of sp³-hybridized carbons (Fsp3) is 0.200. The molecule has 0 saturated heterocycles. The van der Waals surface area contributed by atoms with Gasteiger partial charge in [0.05, 0.1) is 11.9 Å². The van der Waals surface area contributed by atoms with Crippen LogP contribution in [0.25, 0.3) is 6.08 Å². The minimum Gasteiger partial charge on any atom is -0.424 e. The van der Waals surface area contributed by atoms with Gasteiger partial charge >= 0.3 is 7.12 Å². The first-order valence-electron chi connectivity index (χ1n) is 5.01. The normalized spacial score (nSPS) is 11.8. The van der Waals surface area contributed by atoms with E-state index in [0.29, 0.717) is 11.1 Å². The molecular formula is C10H13BFNO4S. The van der Waals surface area contributed by atoms with E-state index in [2.05, 4.69) is 4.72 Å². The van der Waals surface area contributed by atoms with Crippen LogP contribution in [0.1, 0.15) is 11.1 Å². The number of sulfonamides is 1. The SMILES string of the molecule is Cc1cc(NS(C)(=O)=O)c(F)cc1C=CB(O)O. The van der Waals surface area contributed by atoms with Gasteiger partial charge in [-0.2, -0.15) is 0 Å².